The molecule has 3 rings (SSSR count). The quantitative estimate of drug-likeness (QED) is 0.878. The molecule has 4 heteroatoms. The van der Waals surface area contributed by atoms with Crippen LogP contribution in [0.3, 0.4) is 0 Å². The van der Waals surface area contributed by atoms with Gasteiger partial charge >= 0.3 is 0 Å². The largest absolute Gasteiger partial charge is 0.341 e. The van der Waals surface area contributed by atoms with E-state index in [1.165, 1.54) is 11.1 Å². The third-order valence-corrected chi connectivity index (χ3v) is 4.56. The van der Waals surface area contributed by atoms with Crippen molar-refractivity contribution in [3.8, 4) is 0 Å². The smallest absolute Gasteiger partial charge is 0.236 e. The minimum atomic E-state index is 0.296. The van der Waals surface area contributed by atoms with Crippen molar-refractivity contribution in [2.75, 3.05) is 45.8 Å². The minimum absolute atomic E-state index is 0.296. The van der Waals surface area contributed by atoms with Crippen molar-refractivity contribution in [2.45, 2.75) is 19.3 Å². The lowest BCUT2D eigenvalue weighted by atomic mass is 10.0. The molecule has 0 bridgehead atoms. The van der Waals surface area contributed by atoms with Crippen molar-refractivity contribution >= 4 is 5.91 Å². The second-order valence-electron chi connectivity index (χ2n) is 6.03. The fourth-order valence-corrected chi connectivity index (χ4v) is 3.27. The van der Waals surface area contributed by atoms with Gasteiger partial charge in [0.2, 0.25) is 5.91 Å². The first-order valence-corrected chi connectivity index (χ1v) is 8.10. The standard InChI is InChI=1S/C17H25N3O/c21-17(14-19-10-3-8-18-9-13-19)20-11-6-15-4-1-2-5-16(15)7-12-20/h1-2,4-5,18H,3,6-14H2. The Hall–Kier alpha value is -1.39. The molecule has 1 N–H and O–H groups in total. The number of hydrogen-bond acceptors (Lipinski definition) is 3. The average molecular weight is 287 g/mol. The Balaban J connectivity index is 1.56. The topological polar surface area (TPSA) is 35.6 Å². The van der Waals surface area contributed by atoms with Gasteiger partial charge < -0.3 is 10.2 Å². The molecular weight excluding hydrogens is 262 g/mol. The van der Waals surface area contributed by atoms with Gasteiger partial charge in [-0.05, 0) is 43.5 Å². The molecule has 114 valence electrons. The van der Waals surface area contributed by atoms with Crippen LogP contribution in [0.2, 0.25) is 0 Å². The maximum Gasteiger partial charge on any atom is 0.236 e. The summed E-state index contributed by atoms with van der Waals surface area (Å²) in [6.07, 6.45) is 3.12. The summed E-state index contributed by atoms with van der Waals surface area (Å²) in [5.74, 6) is 0.296. The van der Waals surface area contributed by atoms with Crippen molar-refractivity contribution in [3.05, 3.63) is 35.4 Å². The van der Waals surface area contributed by atoms with Crippen molar-refractivity contribution in [1.82, 2.24) is 15.1 Å². The number of amides is 1. The van der Waals surface area contributed by atoms with E-state index in [9.17, 15) is 4.79 Å². The molecule has 1 aromatic carbocycles. The van der Waals surface area contributed by atoms with Crippen LogP contribution in [0, 0.1) is 0 Å². The highest BCUT2D eigenvalue weighted by molar-refractivity contribution is 5.78. The highest BCUT2D eigenvalue weighted by Crippen LogP contribution is 2.15. The van der Waals surface area contributed by atoms with Crippen molar-refractivity contribution in [2.24, 2.45) is 0 Å². The van der Waals surface area contributed by atoms with Crippen LogP contribution in [0.5, 0.6) is 0 Å². The summed E-state index contributed by atoms with van der Waals surface area (Å²) in [5.41, 5.74) is 2.82. The van der Waals surface area contributed by atoms with Crippen molar-refractivity contribution < 1.29 is 4.79 Å². The molecule has 0 aromatic heterocycles. The van der Waals surface area contributed by atoms with Gasteiger partial charge in [0.05, 0.1) is 6.54 Å². The molecule has 0 atom stereocenters. The lowest BCUT2D eigenvalue weighted by Crippen LogP contribution is -2.42. The lowest BCUT2D eigenvalue weighted by molar-refractivity contribution is -0.132. The second-order valence-corrected chi connectivity index (χ2v) is 6.03. The Morgan fingerprint density at radius 3 is 2.43 bits per heavy atom. The molecule has 0 spiro atoms. The third-order valence-electron chi connectivity index (χ3n) is 4.56. The number of nitrogens with one attached hydrogen (secondary N) is 1. The van der Waals surface area contributed by atoms with Crippen LogP contribution in [0.4, 0.5) is 0 Å². The van der Waals surface area contributed by atoms with Gasteiger partial charge in [-0.25, -0.2) is 0 Å². The normalized spacial score (nSPS) is 20.5. The molecule has 0 radical (unpaired) electrons. The molecule has 0 saturated carbocycles. The SMILES string of the molecule is O=C(CN1CCCNCC1)N1CCc2ccccc2CC1. The van der Waals surface area contributed by atoms with Gasteiger partial charge in [0, 0.05) is 26.2 Å². The zero-order valence-corrected chi connectivity index (χ0v) is 12.7. The van der Waals surface area contributed by atoms with Gasteiger partial charge in [-0.1, -0.05) is 24.3 Å². The van der Waals surface area contributed by atoms with Crippen molar-refractivity contribution in [3.63, 3.8) is 0 Å². The zero-order valence-electron chi connectivity index (χ0n) is 12.7. The van der Waals surface area contributed by atoms with Crippen LogP contribution in [0.15, 0.2) is 24.3 Å². The van der Waals surface area contributed by atoms with E-state index >= 15 is 0 Å². The summed E-state index contributed by atoms with van der Waals surface area (Å²) in [7, 11) is 0. The summed E-state index contributed by atoms with van der Waals surface area (Å²) in [5, 5.41) is 3.39. The maximum atomic E-state index is 12.5. The second kappa shape index (κ2) is 7.05. The summed E-state index contributed by atoms with van der Waals surface area (Å²) >= 11 is 0. The van der Waals surface area contributed by atoms with Gasteiger partial charge in [0.1, 0.15) is 0 Å². The molecule has 1 amide bonds. The Morgan fingerprint density at radius 1 is 1.00 bits per heavy atom. The van der Waals surface area contributed by atoms with E-state index in [-0.39, 0.29) is 0 Å². The maximum absolute atomic E-state index is 12.5. The van der Waals surface area contributed by atoms with Crippen molar-refractivity contribution in [1.29, 1.82) is 0 Å². The van der Waals surface area contributed by atoms with Crippen LogP contribution in [0.25, 0.3) is 0 Å². The molecule has 21 heavy (non-hydrogen) atoms. The molecule has 0 aliphatic carbocycles. The van der Waals surface area contributed by atoms with E-state index in [1.807, 2.05) is 0 Å². The molecule has 4 nitrogen and oxygen atoms in total. The number of hydrogen-bond donors (Lipinski definition) is 1. The highest BCUT2D eigenvalue weighted by atomic mass is 16.2. The molecule has 1 saturated heterocycles. The Kier molecular flexibility index (Phi) is 4.88. The van der Waals surface area contributed by atoms with Crippen LogP contribution in [-0.4, -0.2) is 61.5 Å². The van der Waals surface area contributed by atoms with Gasteiger partial charge in [-0.15, -0.1) is 0 Å². The molecule has 1 aromatic rings. The number of fused-ring (bicyclic) bond motifs is 1. The van der Waals surface area contributed by atoms with E-state index in [0.29, 0.717) is 12.5 Å². The van der Waals surface area contributed by atoms with E-state index < -0.39 is 0 Å². The average Bonchev–Trinajstić information content (AvgIpc) is 2.87. The summed E-state index contributed by atoms with van der Waals surface area (Å²) in [6.45, 7) is 6.40. The fourth-order valence-electron chi connectivity index (χ4n) is 3.27. The predicted molar refractivity (Wildman–Crippen MR) is 84.4 cm³/mol. The molecule has 2 aliphatic rings. The zero-order chi connectivity index (χ0) is 14.5. The molecule has 2 heterocycles. The molecule has 2 aliphatic heterocycles. The minimum Gasteiger partial charge on any atom is -0.341 e. The number of carbonyl (C=O) groups excluding carboxylic acids is 1. The van der Waals surface area contributed by atoms with E-state index in [2.05, 4.69) is 39.4 Å². The van der Waals surface area contributed by atoms with Crippen LogP contribution in [-0.2, 0) is 17.6 Å². The number of benzene rings is 1. The Morgan fingerprint density at radius 2 is 1.71 bits per heavy atom. The molecular formula is C17H25N3O. The summed E-state index contributed by atoms with van der Waals surface area (Å²) in [4.78, 5) is 16.9. The summed E-state index contributed by atoms with van der Waals surface area (Å²) < 4.78 is 0. The first-order valence-electron chi connectivity index (χ1n) is 8.10. The van der Waals surface area contributed by atoms with Crippen LogP contribution in [0.1, 0.15) is 17.5 Å². The number of nitrogens with zero attached hydrogens (tertiary/aromatic N) is 2. The monoisotopic (exact) mass is 287 g/mol. The first kappa shape index (κ1) is 14.5. The highest BCUT2D eigenvalue weighted by Gasteiger charge is 2.20. The van der Waals surface area contributed by atoms with Crippen LogP contribution >= 0.6 is 0 Å². The fraction of sp³-hybridized carbons (Fsp3) is 0.588. The van der Waals surface area contributed by atoms with E-state index in [0.717, 1.165) is 58.5 Å². The van der Waals surface area contributed by atoms with Gasteiger partial charge in [0.15, 0.2) is 0 Å². The molecule has 0 unspecified atom stereocenters. The van der Waals surface area contributed by atoms with Gasteiger partial charge in [-0.2, -0.15) is 0 Å². The van der Waals surface area contributed by atoms with Gasteiger partial charge in [-0.3, -0.25) is 9.69 Å². The first-order chi connectivity index (χ1) is 10.3. The summed E-state index contributed by atoms with van der Waals surface area (Å²) in [6, 6.07) is 8.59. The van der Waals surface area contributed by atoms with E-state index in [1.54, 1.807) is 0 Å². The Labute approximate surface area is 127 Å². The van der Waals surface area contributed by atoms with E-state index in [4.69, 9.17) is 0 Å². The van der Waals surface area contributed by atoms with Crippen LogP contribution < -0.4 is 5.32 Å². The Bertz CT molecular complexity index is 454. The number of carbonyl (C=O) groups is 1. The van der Waals surface area contributed by atoms with Gasteiger partial charge in [0.25, 0.3) is 0 Å². The predicted octanol–water partition coefficient (Wildman–Crippen LogP) is 0.909. The number of rotatable bonds is 2. The third kappa shape index (κ3) is 3.83. The lowest BCUT2D eigenvalue weighted by Gasteiger charge is -2.25. The molecule has 1 fully saturated rings.